The molecule has 3 nitrogen and oxygen atoms in total. The monoisotopic (exact) mass is 317 g/mol. The van der Waals surface area contributed by atoms with Gasteiger partial charge in [-0.25, -0.2) is 0 Å². The minimum Gasteiger partial charge on any atom is -0.399 e. The fourth-order valence-corrected chi connectivity index (χ4v) is 2.50. The SMILES string of the molecule is Nc1ccc(-c2cnn(Cc3cccc(Cl)c3Cl)c2)cc1. The van der Waals surface area contributed by atoms with Crippen LogP contribution in [0.4, 0.5) is 5.69 Å². The van der Waals surface area contributed by atoms with Crippen LogP contribution in [0, 0.1) is 0 Å². The molecule has 1 heterocycles. The second kappa shape index (κ2) is 5.80. The van der Waals surface area contributed by atoms with Gasteiger partial charge < -0.3 is 5.73 Å². The Balaban J connectivity index is 1.85. The number of hydrogen-bond acceptors (Lipinski definition) is 2. The highest BCUT2D eigenvalue weighted by atomic mass is 35.5. The van der Waals surface area contributed by atoms with Gasteiger partial charge in [0, 0.05) is 17.4 Å². The van der Waals surface area contributed by atoms with Crippen LogP contribution in [-0.4, -0.2) is 9.78 Å². The molecule has 106 valence electrons. The van der Waals surface area contributed by atoms with Gasteiger partial charge in [-0.2, -0.15) is 5.10 Å². The number of aromatic nitrogens is 2. The van der Waals surface area contributed by atoms with Gasteiger partial charge in [0.2, 0.25) is 0 Å². The van der Waals surface area contributed by atoms with Gasteiger partial charge >= 0.3 is 0 Å². The molecule has 21 heavy (non-hydrogen) atoms. The van der Waals surface area contributed by atoms with Crippen LogP contribution in [0.15, 0.2) is 54.9 Å². The highest BCUT2D eigenvalue weighted by molar-refractivity contribution is 6.42. The van der Waals surface area contributed by atoms with E-state index in [0.29, 0.717) is 16.6 Å². The smallest absolute Gasteiger partial charge is 0.0674 e. The molecule has 5 heteroatoms. The van der Waals surface area contributed by atoms with E-state index in [1.807, 2.05) is 53.5 Å². The maximum atomic E-state index is 6.20. The Morgan fingerprint density at radius 1 is 1.00 bits per heavy atom. The normalized spacial score (nSPS) is 10.8. The molecule has 3 rings (SSSR count). The van der Waals surface area contributed by atoms with Crippen LogP contribution in [0.25, 0.3) is 11.1 Å². The summed E-state index contributed by atoms with van der Waals surface area (Å²) in [5.41, 5.74) is 9.49. The van der Waals surface area contributed by atoms with Crippen molar-refractivity contribution in [2.75, 3.05) is 5.73 Å². The van der Waals surface area contributed by atoms with Gasteiger partial charge in [0.05, 0.1) is 22.8 Å². The molecule has 0 aliphatic rings. The van der Waals surface area contributed by atoms with E-state index in [4.69, 9.17) is 28.9 Å². The van der Waals surface area contributed by atoms with Crippen molar-refractivity contribution >= 4 is 28.9 Å². The Bertz CT molecular complexity index is 763. The third-order valence-corrected chi connectivity index (χ3v) is 4.10. The zero-order valence-corrected chi connectivity index (χ0v) is 12.6. The Morgan fingerprint density at radius 3 is 2.52 bits per heavy atom. The molecule has 0 amide bonds. The van der Waals surface area contributed by atoms with Gasteiger partial charge in [0.1, 0.15) is 0 Å². The van der Waals surface area contributed by atoms with Crippen LogP contribution >= 0.6 is 23.2 Å². The van der Waals surface area contributed by atoms with Crippen LogP contribution in [0.1, 0.15) is 5.56 Å². The third-order valence-electron chi connectivity index (χ3n) is 3.24. The van der Waals surface area contributed by atoms with Crippen molar-refractivity contribution in [2.24, 2.45) is 0 Å². The van der Waals surface area contributed by atoms with Gasteiger partial charge in [-0.15, -0.1) is 0 Å². The minimum atomic E-state index is 0.556. The van der Waals surface area contributed by atoms with Crippen molar-refractivity contribution in [3.05, 3.63) is 70.5 Å². The maximum absolute atomic E-state index is 6.20. The zero-order chi connectivity index (χ0) is 14.8. The Hall–Kier alpha value is -1.97. The van der Waals surface area contributed by atoms with Crippen molar-refractivity contribution in [2.45, 2.75) is 6.54 Å². The molecule has 1 aromatic heterocycles. The van der Waals surface area contributed by atoms with E-state index in [-0.39, 0.29) is 0 Å². The van der Waals surface area contributed by atoms with Crippen molar-refractivity contribution in [1.29, 1.82) is 0 Å². The molecule has 0 atom stereocenters. The molecule has 0 aliphatic heterocycles. The maximum Gasteiger partial charge on any atom is 0.0674 e. The van der Waals surface area contributed by atoms with E-state index < -0.39 is 0 Å². The van der Waals surface area contributed by atoms with Gasteiger partial charge in [-0.3, -0.25) is 4.68 Å². The van der Waals surface area contributed by atoms with E-state index in [1.165, 1.54) is 0 Å². The van der Waals surface area contributed by atoms with Gasteiger partial charge in [0.15, 0.2) is 0 Å². The van der Waals surface area contributed by atoms with E-state index in [2.05, 4.69) is 5.10 Å². The summed E-state index contributed by atoms with van der Waals surface area (Å²) in [5.74, 6) is 0. The topological polar surface area (TPSA) is 43.8 Å². The molecule has 2 aromatic carbocycles. The molecule has 0 fully saturated rings. The first-order chi connectivity index (χ1) is 10.1. The van der Waals surface area contributed by atoms with Crippen LogP contribution in [0.5, 0.6) is 0 Å². The second-order valence-electron chi connectivity index (χ2n) is 4.76. The summed E-state index contributed by atoms with van der Waals surface area (Å²) in [6, 6.07) is 13.3. The second-order valence-corrected chi connectivity index (χ2v) is 5.55. The lowest BCUT2D eigenvalue weighted by Crippen LogP contribution is -2.00. The molecule has 0 saturated carbocycles. The molecule has 0 saturated heterocycles. The molecule has 3 aromatic rings. The number of nitrogens with two attached hydrogens (primary N) is 1. The van der Waals surface area contributed by atoms with Crippen LogP contribution in [-0.2, 0) is 6.54 Å². The third kappa shape index (κ3) is 3.04. The predicted octanol–water partition coefficient (Wildman–Crippen LogP) is 4.49. The first kappa shape index (κ1) is 14.0. The van der Waals surface area contributed by atoms with Crippen molar-refractivity contribution in [1.82, 2.24) is 9.78 Å². The number of nitrogens with zero attached hydrogens (tertiary/aromatic N) is 2. The Morgan fingerprint density at radius 2 is 1.76 bits per heavy atom. The lowest BCUT2D eigenvalue weighted by Gasteiger charge is -2.05. The number of anilines is 1. The number of nitrogen functional groups attached to an aromatic ring is 1. The lowest BCUT2D eigenvalue weighted by molar-refractivity contribution is 0.687. The fourth-order valence-electron chi connectivity index (χ4n) is 2.12. The van der Waals surface area contributed by atoms with Gasteiger partial charge in [-0.05, 0) is 29.3 Å². The standard InChI is InChI=1S/C16H13Cl2N3/c17-15-3-1-2-12(16(15)18)9-21-10-13(8-20-21)11-4-6-14(19)7-5-11/h1-8,10H,9,19H2. The van der Waals surface area contributed by atoms with E-state index in [9.17, 15) is 0 Å². The fraction of sp³-hybridized carbons (Fsp3) is 0.0625. The molecule has 2 N–H and O–H groups in total. The zero-order valence-electron chi connectivity index (χ0n) is 11.1. The molecular formula is C16H13Cl2N3. The average molecular weight is 318 g/mol. The summed E-state index contributed by atoms with van der Waals surface area (Å²) >= 11 is 12.2. The van der Waals surface area contributed by atoms with Crippen LogP contribution in [0.3, 0.4) is 0 Å². The molecule has 0 bridgehead atoms. The quantitative estimate of drug-likeness (QED) is 0.723. The molecule has 0 unspecified atom stereocenters. The average Bonchev–Trinajstić information content (AvgIpc) is 2.93. The minimum absolute atomic E-state index is 0.556. The summed E-state index contributed by atoms with van der Waals surface area (Å²) in [5, 5.41) is 5.49. The van der Waals surface area contributed by atoms with E-state index >= 15 is 0 Å². The number of hydrogen-bond donors (Lipinski definition) is 1. The Labute approximate surface area is 132 Å². The van der Waals surface area contributed by atoms with Crippen LogP contribution < -0.4 is 5.73 Å². The predicted molar refractivity (Wildman–Crippen MR) is 87.6 cm³/mol. The van der Waals surface area contributed by atoms with Crippen LogP contribution in [0.2, 0.25) is 10.0 Å². The summed E-state index contributed by atoms with van der Waals surface area (Å²) in [4.78, 5) is 0. The highest BCUT2D eigenvalue weighted by Crippen LogP contribution is 2.26. The number of halogens is 2. The summed E-state index contributed by atoms with van der Waals surface area (Å²) < 4.78 is 1.84. The Kier molecular flexibility index (Phi) is 3.86. The van der Waals surface area contributed by atoms with E-state index in [1.54, 1.807) is 6.07 Å². The van der Waals surface area contributed by atoms with Gasteiger partial charge in [-0.1, -0.05) is 47.5 Å². The van der Waals surface area contributed by atoms with Crippen molar-refractivity contribution < 1.29 is 0 Å². The van der Waals surface area contributed by atoms with E-state index in [0.717, 1.165) is 22.4 Å². The molecular weight excluding hydrogens is 305 g/mol. The first-order valence-electron chi connectivity index (χ1n) is 6.45. The number of rotatable bonds is 3. The van der Waals surface area contributed by atoms with Gasteiger partial charge in [0.25, 0.3) is 0 Å². The molecule has 0 aliphatic carbocycles. The lowest BCUT2D eigenvalue weighted by atomic mass is 10.1. The van der Waals surface area contributed by atoms with Crippen molar-refractivity contribution in [3.63, 3.8) is 0 Å². The summed E-state index contributed by atoms with van der Waals surface area (Å²) in [6.07, 6.45) is 3.80. The van der Waals surface area contributed by atoms with Crippen molar-refractivity contribution in [3.8, 4) is 11.1 Å². The highest BCUT2D eigenvalue weighted by Gasteiger charge is 2.07. The summed E-state index contributed by atoms with van der Waals surface area (Å²) in [7, 11) is 0. The largest absolute Gasteiger partial charge is 0.399 e. The first-order valence-corrected chi connectivity index (χ1v) is 7.20. The summed E-state index contributed by atoms with van der Waals surface area (Å²) in [6.45, 7) is 0.578. The molecule has 0 radical (unpaired) electrons. The number of benzene rings is 2. The molecule has 0 spiro atoms.